The van der Waals surface area contributed by atoms with Gasteiger partial charge in [-0.3, -0.25) is 9.59 Å². The maximum atomic E-state index is 12.6. The normalized spacial score (nSPS) is 11.1. The minimum absolute atomic E-state index is 0.114. The molecule has 0 aliphatic heterocycles. The summed E-state index contributed by atoms with van der Waals surface area (Å²) in [6.45, 7) is 7.44. The Kier molecular flexibility index (Phi) is 5.20. The van der Waals surface area contributed by atoms with Crippen molar-refractivity contribution in [3.63, 3.8) is 0 Å². The summed E-state index contributed by atoms with van der Waals surface area (Å²) in [5.74, 6) is -0.273. The van der Waals surface area contributed by atoms with Crippen molar-refractivity contribution >= 4 is 45.7 Å². The first kappa shape index (κ1) is 19.3. The van der Waals surface area contributed by atoms with E-state index in [1.165, 1.54) is 23.1 Å². The fourth-order valence-corrected chi connectivity index (χ4v) is 4.29. The number of amides is 2. The van der Waals surface area contributed by atoms with E-state index in [1.807, 2.05) is 34.0 Å². The standard InChI is InChI=1S/C17H20N6O2S2/c1-7-10(4)27-15(13(7)14(18)25)20-12(24)6-11-8(2)19-16-21-17(26-5)22-23(16)9(11)3/h6H2,1-5H3,(H2,18,25)(H,20,24). The van der Waals surface area contributed by atoms with E-state index in [9.17, 15) is 9.59 Å². The number of carbonyl (C=O) groups is 2. The van der Waals surface area contributed by atoms with Gasteiger partial charge in [-0.25, -0.2) is 9.50 Å². The van der Waals surface area contributed by atoms with Gasteiger partial charge < -0.3 is 11.1 Å². The van der Waals surface area contributed by atoms with Crippen molar-refractivity contribution in [3.05, 3.63) is 33.0 Å². The molecule has 27 heavy (non-hydrogen) atoms. The number of aryl methyl sites for hydroxylation is 3. The molecule has 3 N–H and O–H groups in total. The minimum Gasteiger partial charge on any atom is -0.365 e. The van der Waals surface area contributed by atoms with Crippen LogP contribution in [0.1, 0.15) is 37.7 Å². The molecular weight excluding hydrogens is 384 g/mol. The molecule has 10 heteroatoms. The van der Waals surface area contributed by atoms with Crippen LogP contribution in [0.25, 0.3) is 5.78 Å². The van der Waals surface area contributed by atoms with Gasteiger partial charge in [0.1, 0.15) is 5.00 Å². The number of nitrogens with zero attached hydrogens (tertiary/aromatic N) is 4. The number of thioether (sulfide) groups is 1. The number of hydrogen-bond acceptors (Lipinski definition) is 7. The predicted molar refractivity (Wildman–Crippen MR) is 107 cm³/mol. The highest BCUT2D eigenvalue weighted by Crippen LogP contribution is 2.32. The Morgan fingerprint density at radius 2 is 1.93 bits per heavy atom. The van der Waals surface area contributed by atoms with Gasteiger partial charge in [-0.1, -0.05) is 11.8 Å². The van der Waals surface area contributed by atoms with E-state index in [1.54, 1.807) is 4.52 Å². The Balaban J connectivity index is 1.91. The smallest absolute Gasteiger partial charge is 0.253 e. The first-order valence-electron chi connectivity index (χ1n) is 8.19. The molecule has 2 amide bonds. The third kappa shape index (κ3) is 3.54. The van der Waals surface area contributed by atoms with Crippen LogP contribution in [0.3, 0.4) is 0 Å². The van der Waals surface area contributed by atoms with Crippen LogP contribution in [0.2, 0.25) is 0 Å². The van der Waals surface area contributed by atoms with Crippen molar-refractivity contribution in [3.8, 4) is 0 Å². The summed E-state index contributed by atoms with van der Waals surface area (Å²) in [4.78, 5) is 34.1. The molecule has 0 fully saturated rings. The molecule has 0 saturated heterocycles. The van der Waals surface area contributed by atoms with Crippen molar-refractivity contribution in [1.29, 1.82) is 0 Å². The first-order chi connectivity index (χ1) is 12.7. The molecule has 0 unspecified atom stereocenters. The monoisotopic (exact) mass is 404 g/mol. The third-order valence-corrected chi connectivity index (χ3v) is 6.09. The molecule has 0 bridgehead atoms. The highest BCUT2D eigenvalue weighted by atomic mass is 32.2. The summed E-state index contributed by atoms with van der Waals surface area (Å²) in [5.41, 5.74) is 8.96. The molecule has 3 heterocycles. The van der Waals surface area contributed by atoms with E-state index in [2.05, 4.69) is 20.4 Å². The topological polar surface area (TPSA) is 115 Å². The Labute approximate surface area is 164 Å². The summed E-state index contributed by atoms with van der Waals surface area (Å²) in [6, 6.07) is 0. The van der Waals surface area contributed by atoms with E-state index < -0.39 is 5.91 Å². The number of primary amides is 1. The third-order valence-electron chi connectivity index (χ3n) is 4.43. The van der Waals surface area contributed by atoms with Gasteiger partial charge in [-0.05, 0) is 39.5 Å². The van der Waals surface area contributed by atoms with Crippen LogP contribution in [0.4, 0.5) is 5.00 Å². The number of nitrogens with two attached hydrogens (primary N) is 1. The molecule has 0 aliphatic carbocycles. The molecule has 0 spiro atoms. The second kappa shape index (κ2) is 7.28. The van der Waals surface area contributed by atoms with Crippen LogP contribution < -0.4 is 11.1 Å². The Morgan fingerprint density at radius 3 is 2.56 bits per heavy atom. The zero-order valence-corrected chi connectivity index (χ0v) is 17.3. The molecule has 142 valence electrons. The Bertz CT molecular complexity index is 1070. The predicted octanol–water partition coefficient (Wildman–Crippen LogP) is 2.42. The number of thiophene rings is 1. The molecule has 8 nitrogen and oxygen atoms in total. The van der Waals surface area contributed by atoms with Crippen LogP contribution in [-0.2, 0) is 11.2 Å². The summed E-state index contributed by atoms with van der Waals surface area (Å²) < 4.78 is 1.65. The summed E-state index contributed by atoms with van der Waals surface area (Å²) in [7, 11) is 0. The van der Waals surface area contributed by atoms with E-state index in [0.717, 1.165) is 27.4 Å². The van der Waals surface area contributed by atoms with Gasteiger partial charge in [0.05, 0.1) is 12.0 Å². The average molecular weight is 405 g/mol. The van der Waals surface area contributed by atoms with Crippen LogP contribution in [-0.4, -0.2) is 37.7 Å². The lowest BCUT2D eigenvalue weighted by Crippen LogP contribution is -2.20. The number of anilines is 1. The number of hydrogen-bond donors (Lipinski definition) is 2. The summed E-state index contributed by atoms with van der Waals surface area (Å²) >= 11 is 2.78. The van der Waals surface area contributed by atoms with Crippen LogP contribution in [0.15, 0.2) is 5.16 Å². The molecule has 0 aliphatic rings. The number of fused-ring (bicyclic) bond motifs is 1. The molecule has 3 rings (SSSR count). The average Bonchev–Trinajstić information content (AvgIpc) is 3.12. The highest BCUT2D eigenvalue weighted by Gasteiger charge is 2.21. The largest absolute Gasteiger partial charge is 0.365 e. The van der Waals surface area contributed by atoms with Crippen molar-refractivity contribution in [2.75, 3.05) is 11.6 Å². The summed E-state index contributed by atoms with van der Waals surface area (Å²) in [6.07, 6.45) is 2.01. The molecule has 0 aromatic carbocycles. The number of nitrogens with one attached hydrogen (secondary N) is 1. The fourth-order valence-electron chi connectivity index (χ4n) is 2.88. The van der Waals surface area contributed by atoms with Crippen molar-refractivity contribution < 1.29 is 9.59 Å². The van der Waals surface area contributed by atoms with Gasteiger partial charge in [0.15, 0.2) is 0 Å². The maximum Gasteiger partial charge on any atom is 0.253 e. The minimum atomic E-state index is -0.546. The van der Waals surface area contributed by atoms with E-state index in [4.69, 9.17) is 5.73 Å². The van der Waals surface area contributed by atoms with Gasteiger partial charge >= 0.3 is 0 Å². The lowest BCUT2D eigenvalue weighted by atomic mass is 10.1. The SMILES string of the molecule is CSc1nc2nc(C)c(CC(=O)Nc3sc(C)c(C)c3C(N)=O)c(C)n2n1. The van der Waals surface area contributed by atoms with Crippen molar-refractivity contribution in [2.45, 2.75) is 39.3 Å². The zero-order chi connectivity index (χ0) is 19.9. The zero-order valence-electron chi connectivity index (χ0n) is 15.7. The molecule has 0 atom stereocenters. The fraction of sp³-hybridized carbons (Fsp3) is 0.353. The van der Waals surface area contributed by atoms with Gasteiger partial charge in [0, 0.05) is 21.8 Å². The van der Waals surface area contributed by atoms with Gasteiger partial charge in [0.2, 0.25) is 11.1 Å². The first-order valence-corrected chi connectivity index (χ1v) is 10.2. The van der Waals surface area contributed by atoms with E-state index >= 15 is 0 Å². The lowest BCUT2D eigenvalue weighted by molar-refractivity contribution is -0.115. The second-order valence-corrected chi connectivity index (χ2v) is 8.15. The molecular formula is C17H20N6O2S2. The van der Waals surface area contributed by atoms with Gasteiger partial charge in [0.25, 0.3) is 11.7 Å². The van der Waals surface area contributed by atoms with Crippen molar-refractivity contribution in [2.24, 2.45) is 5.73 Å². The quantitative estimate of drug-likeness (QED) is 0.631. The lowest BCUT2D eigenvalue weighted by Gasteiger charge is -2.10. The molecule has 0 saturated carbocycles. The Hall–Kier alpha value is -2.46. The van der Waals surface area contributed by atoms with Crippen LogP contribution >= 0.6 is 23.1 Å². The van der Waals surface area contributed by atoms with Gasteiger partial charge in [-0.15, -0.1) is 16.4 Å². The van der Waals surface area contributed by atoms with E-state index in [-0.39, 0.29) is 12.3 Å². The number of rotatable bonds is 5. The maximum absolute atomic E-state index is 12.6. The highest BCUT2D eigenvalue weighted by molar-refractivity contribution is 7.98. The van der Waals surface area contributed by atoms with Crippen LogP contribution in [0, 0.1) is 27.7 Å². The van der Waals surface area contributed by atoms with Crippen molar-refractivity contribution in [1.82, 2.24) is 19.6 Å². The molecule has 3 aromatic rings. The second-order valence-electron chi connectivity index (χ2n) is 6.15. The van der Waals surface area contributed by atoms with Gasteiger partial charge in [-0.2, -0.15) is 4.98 Å². The van der Waals surface area contributed by atoms with Crippen LogP contribution in [0.5, 0.6) is 0 Å². The van der Waals surface area contributed by atoms with E-state index in [0.29, 0.717) is 21.5 Å². The number of carbonyl (C=O) groups excluding carboxylic acids is 2. The number of aromatic nitrogens is 4. The Morgan fingerprint density at radius 1 is 1.22 bits per heavy atom. The molecule has 3 aromatic heterocycles. The molecule has 0 radical (unpaired) electrons. The summed E-state index contributed by atoms with van der Waals surface area (Å²) in [5, 5.41) is 8.32.